The molecule has 2 aliphatic heterocycles. The Hall–Kier alpha value is -2.16. The van der Waals surface area contributed by atoms with Crippen LogP contribution in [0.5, 0.6) is 0 Å². The van der Waals surface area contributed by atoms with E-state index in [0.717, 1.165) is 18.4 Å². The summed E-state index contributed by atoms with van der Waals surface area (Å²) in [5.41, 5.74) is 3.62. The third-order valence-corrected chi connectivity index (χ3v) is 6.51. The van der Waals surface area contributed by atoms with E-state index in [-0.39, 0.29) is 30.4 Å². The first-order valence-corrected chi connectivity index (χ1v) is 10.4. The number of aliphatic hydroxyl groups excluding tert-OH is 1. The predicted molar refractivity (Wildman–Crippen MR) is 106 cm³/mol. The number of allylic oxidation sites excluding steroid dienone is 2. The van der Waals surface area contributed by atoms with Crippen molar-refractivity contribution in [3.63, 3.8) is 0 Å². The predicted octanol–water partition coefficient (Wildman–Crippen LogP) is 3.25. The van der Waals surface area contributed by atoms with Crippen LogP contribution in [0.2, 0.25) is 0 Å². The number of hydrogen-bond donors (Lipinski definition) is 1. The minimum atomic E-state index is -0.516. The van der Waals surface area contributed by atoms with Gasteiger partial charge in [-0.15, -0.1) is 0 Å². The molecule has 1 aromatic carbocycles. The molecule has 1 aromatic rings. The molecule has 1 amide bonds. The first-order chi connectivity index (χ1) is 13.8. The summed E-state index contributed by atoms with van der Waals surface area (Å²) in [5, 5.41) is 20.0. The van der Waals surface area contributed by atoms with Crippen molar-refractivity contribution in [1.82, 2.24) is 4.90 Å². The Morgan fingerprint density at radius 3 is 2.71 bits per heavy atom. The van der Waals surface area contributed by atoms with Gasteiger partial charge in [-0.2, -0.15) is 5.26 Å². The Bertz CT molecular complexity index is 791. The third-order valence-electron chi connectivity index (χ3n) is 6.51. The van der Waals surface area contributed by atoms with Gasteiger partial charge in [-0.3, -0.25) is 4.79 Å². The summed E-state index contributed by atoms with van der Waals surface area (Å²) in [6.07, 6.45) is 8.25. The molecule has 2 fully saturated rings. The van der Waals surface area contributed by atoms with Crippen molar-refractivity contribution in [2.45, 2.75) is 56.5 Å². The van der Waals surface area contributed by atoms with Crippen LogP contribution >= 0.6 is 0 Å². The van der Waals surface area contributed by atoms with E-state index in [9.17, 15) is 15.2 Å². The molecule has 148 valence electrons. The zero-order valence-electron chi connectivity index (χ0n) is 16.2. The van der Waals surface area contributed by atoms with E-state index < -0.39 is 6.04 Å². The summed E-state index contributed by atoms with van der Waals surface area (Å²) in [6.45, 7) is 1.06. The van der Waals surface area contributed by atoms with Crippen LogP contribution in [0.4, 0.5) is 0 Å². The van der Waals surface area contributed by atoms with Gasteiger partial charge in [-0.25, -0.2) is 0 Å². The zero-order valence-corrected chi connectivity index (χ0v) is 16.2. The lowest BCUT2D eigenvalue weighted by Crippen LogP contribution is -2.66. The third kappa shape index (κ3) is 3.36. The van der Waals surface area contributed by atoms with Crippen LogP contribution in [0.25, 0.3) is 5.57 Å². The zero-order chi connectivity index (χ0) is 19.5. The minimum absolute atomic E-state index is 0.000451. The van der Waals surface area contributed by atoms with E-state index in [2.05, 4.69) is 24.3 Å². The second-order valence-electron chi connectivity index (χ2n) is 8.04. The number of nitrogens with zero attached hydrogens (tertiary/aromatic N) is 2. The Morgan fingerprint density at radius 1 is 1.25 bits per heavy atom. The maximum absolute atomic E-state index is 13.1. The molecule has 0 radical (unpaired) electrons. The van der Waals surface area contributed by atoms with Crippen molar-refractivity contribution < 1.29 is 14.6 Å². The second kappa shape index (κ2) is 8.46. The number of hydrogen-bond acceptors (Lipinski definition) is 4. The van der Waals surface area contributed by atoms with Gasteiger partial charge < -0.3 is 14.7 Å². The van der Waals surface area contributed by atoms with Crippen LogP contribution in [0.15, 0.2) is 30.3 Å². The molecule has 0 saturated carbocycles. The molecule has 5 nitrogen and oxygen atoms in total. The van der Waals surface area contributed by atoms with E-state index in [1.54, 1.807) is 4.90 Å². The summed E-state index contributed by atoms with van der Waals surface area (Å²) in [7, 11) is 0. The summed E-state index contributed by atoms with van der Waals surface area (Å²) < 4.78 is 5.37. The van der Waals surface area contributed by atoms with Crippen LogP contribution in [0.1, 0.15) is 55.6 Å². The highest BCUT2D eigenvalue weighted by Crippen LogP contribution is 2.45. The lowest BCUT2D eigenvalue weighted by molar-refractivity contribution is -0.154. The van der Waals surface area contributed by atoms with Gasteiger partial charge in [0.2, 0.25) is 5.91 Å². The fourth-order valence-electron chi connectivity index (χ4n) is 5.00. The topological polar surface area (TPSA) is 73.6 Å². The molecule has 0 spiro atoms. The monoisotopic (exact) mass is 380 g/mol. The quantitative estimate of drug-likeness (QED) is 0.870. The highest BCUT2D eigenvalue weighted by Gasteiger charge is 2.53. The van der Waals surface area contributed by atoms with Crippen LogP contribution in [0, 0.1) is 17.2 Å². The maximum Gasteiger partial charge on any atom is 0.227 e. The SMILES string of the molecule is N#C[C@@H]1[C@H](c2ccccc2C2=CCCCC2)[C@H](CO)N1C(=O)C1CCOCC1. The van der Waals surface area contributed by atoms with Crippen molar-refractivity contribution in [2.75, 3.05) is 19.8 Å². The highest BCUT2D eigenvalue weighted by atomic mass is 16.5. The van der Waals surface area contributed by atoms with Crippen molar-refractivity contribution in [3.8, 4) is 6.07 Å². The van der Waals surface area contributed by atoms with Gasteiger partial charge in [0.05, 0.1) is 18.7 Å². The molecule has 1 N–H and O–H groups in total. The van der Waals surface area contributed by atoms with E-state index >= 15 is 0 Å². The van der Waals surface area contributed by atoms with Gasteiger partial charge in [-0.05, 0) is 55.2 Å². The van der Waals surface area contributed by atoms with Crippen LogP contribution in [-0.2, 0) is 9.53 Å². The Labute approximate surface area is 166 Å². The normalized spacial score (nSPS) is 28.2. The van der Waals surface area contributed by atoms with Crippen LogP contribution in [-0.4, -0.2) is 47.8 Å². The number of ether oxygens (including phenoxy) is 1. The van der Waals surface area contributed by atoms with Gasteiger partial charge >= 0.3 is 0 Å². The lowest BCUT2D eigenvalue weighted by atomic mass is 9.72. The number of benzene rings is 1. The first-order valence-electron chi connectivity index (χ1n) is 10.4. The van der Waals surface area contributed by atoms with E-state index in [1.807, 2.05) is 12.1 Å². The number of amides is 1. The van der Waals surface area contributed by atoms with Gasteiger partial charge in [0.15, 0.2) is 0 Å². The molecule has 28 heavy (non-hydrogen) atoms. The van der Waals surface area contributed by atoms with Crippen molar-refractivity contribution in [2.24, 2.45) is 5.92 Å². The average Bonchev–Trinajstić information content (AvgIpc) is 2.75. The fourth-order valence-corrected chi connectivity index (χ4v) is 5.00. The standard InChI is InChI=1S/C23H28N2O3/c24-14-20-22(19-9-5-4-8-18(19)16-6-2-1-3-7-16)21(15-26)25(20)23(27)17-10-12-28-13-11-17/h4-6,8-9,17,20-22,26H,1-3,7,10-13,15H2/t20-,21+,22+/m1/s1. The Kier molecular flexibility index (Phi) is 5.79. The van der Waals surface area contributed by atoms with Gasteiger partial charge in [0.25, 0.3) is 0 Å². The van der Waals surface area contributed by atoms with Crippen molar-refractivity contribution >= 4 is 11.5 Å². The maximum atomic E-state index is 13.1. The second-order valence-corrected chi connectivity index (χ2v) is 8.04. The highest BCUT2D eigenvalue weighted by molar-refractivity contribution is 5.82. The average molecular weight is 380 g/mol. The van der Waals surface area contributed by atoms with Crippen molar-refractivity contribution in [1.29, 1.82) is 5.26 Å². The molecule has 3 atom stereocenters. The fraction of sp³-hybridized carbons (Fsp3) is 0.565. The number of nitriles is 1. The Balaban J connectivity index is 1.63. The first kappa shape index (κ1) is 19.2. The number of likely N-dealkylation sites (tertiary alicyclic amines) is 1. The largest absolute Gasteiger partial charge is 0.394 e. The molecule has 3 aliphatic rings. The molecule has 2 heterocycles. The van der Waals surface area contributed by atoms with E-state index in [4.69, 9.17) is 4.74 Å². The molecule has 1 aliphatic carbocycles. The summed E-state index contributed by atoms with van der Waals surface area (Å²) in [5.74, 6) is -0.242. The molecule has 0 bridgehead atoms. The summed E-state index contributed by atoms with van der Waals surface area (Å²) in [6, 6.07) is 9.73. The van der Waals surface area contributed by atoms with Gasteiger partial charge in [0, 0.05) is 25.0 Å². The molecule has 4 rings (SSSR count). The number of carbonyl (C=O) groups is 1. The minimum Gasteiger partial charge on any atom is -0.394 e. The molecular weight excluding hydrogens is 352 g/mol. The number of rotatable bonds is 4. The number of aliphatic hydroxyl groups is 1. The molecule has 2 saturated heterocycles. The molecule has 5 heteroatoms. The lowest BCUT2D eigenvalue weighted by Gasteiger charge is -2.53. The van der Waals surface area contributed by atoms with Crippen LogP contribution < -0.4 is 0 Å². The molecule has 0 aromatic heterocycles. The summed E-state index contributed by atoms with van der Waals surface area (Å²) >= 11 is 0. The Morgan fingerprint density at radius 2 is 2.04 bits per heavy atom. The van der Waals surface area contributed by atoms with Crippen LogP contribution in [0.3, 0.4) is 0 Å². The van der Waals surface area contributed by atoms with E-state index in [1.165, 1.54) is 24.0 Å². The van der Waals surface area contributed by atoms with E-state index in [0.29, 0.717) is 26.1 Å². The number of carbonyl (C=O) groups excluding carboxylic acids is 1. The van der Waals surface area contributed by atoms with Gasteiger partial charge in [-0.1, -0.05) is 30.3 Å². The summed E-state index contributed by atoms with van der Waals surface area (Å²) in [4.78, 5) is 14.7. The molecule has 0 unspecified atom stereocenters. The van der Waals surface area contributed by atoms with Crippen molar-refractivity contribution in [3.05, 3.63) is 41.5 Å². The van der Waals surface area contributed by atoms with Gasteiger partial charge in [0.1, 0.15) is 6.04 Å². The molecular formula is C23H28N2O3. The smallest absolute Gasteiger partial charge is 0.227 e.